The highest BCUT2D eigenvalue weighted by atomic mass is 15.1. The Hall–Kier alpha value is -1.96. The van der Waals surface area contributed by atoms with E-state index in [0.29, 0.717) is 23.9 Å². The molecule has 3 aliphatic rings. The summed E-state index contributed by atoms with van der Waals surface area (Å²) in [7, 11) is 0. The van der Waals surface area contributed by atoms with Crippen LogP contribution in [-0.4, -0.2) is 12.1 Å². The molecule has 2 aromatic rings. The third-order valence-electron chi connectivity index (χ3n) is 6.40. The highest BCUT2D eigenvalue weighted by Gasteiger charge is 2.58. The van der Waals surface area contributed by atoms with E-state index in [-0.39, 0.29) is 5.41 Å². The van der Waals surface area contributed by atoms with Gasteiger partial charge >= 0.3 is 0 Å². The summed E-state index contributed by atoms with van der Waals surface area (Å²) < 4.78 is 0. The van der Waals surface area contributed by atoms with E-state index in [9.17, 15) is 0 Å². The number of fused-ring (bicyclic) bond motifs is 8. The lowest BCUT2D eigenvalue weighted by Crippen LogP contribution is -2.45. The summed E-state index contributed by atoms with van der Waals surface area (Å²) in [5.41, 5.74) is 5.86. The second-order valence-corrected chi connectivity index (χ2v) is 7.49. The summed E-state index contributed by atoms with van der Waals surface area (Å²) in [6.45, 7) is 4.87. The first kappa shape index (κ1) is 12.6. The van der Waals surface area contributed by atoms with Crippen LogP contribution in [0.3, 0.4) is 0 Å². The zero-order valence-corrected chi connectivity index (χ0v) is 13.1. The first-order valence-electron chi connectivity index (χ1n) is 8.40. The normalized spacial score (nSPS) is 37.4. The molecule has 5 rings (SSSR count). The molecule has 0 aromatic heterocycles. The van der Waals surface area contributed by atoms with Crippen molar-refractivity contribution in [3.05, 3.63) is 59.7 Å². The van der Waals surface area contributed by atoms with Gasteiger partial charge in [-0.25, -0.2) is 0 Å². The molecule has 0 saturated heterocycles. The van der Waals surface area contributed by atoms with Crippen LogP contribution in [0.15, 0.2) is 48.5 Å². The average Bonchev–Trinajstić information content (AvgIpc) is 2.77. The van der Waals surface area contributed by atoms with Gasteiger partial charge in [0, 0.05) is 34.8 Å². The van der Waals surface area contributed by atoms with Gasteiger partial charge in [0.05, 0.1) is 0 Å². The molecule has 22 heavy (non-hydrogen) atoms. The van der Waals surface area contributed by atoms with Gasteiger partial charge in [0.1, 0.15) is 0 Å². The molecule has 2 heteroatoms. The molecule has 112 valence electrons. The summed E-state index contributed by atoms with van der Waals surface area (Å²) in [5.74, 6) is 1.24. The lowest BCUT2D eigenvalue weighted by Gasteiger charge is -2.41. The fourth-order valence-corrected chi connectivity index (χ4v) is 5.40. The van der Waals surface area contributed by atoms with Gasteiger partial charge in [-0.15, -0.1) is 0 Å². The average molecular weight is 290 g/mol. The Bertz CT molecular complexity index is 753. The van der Waals surface area contributed by atoms with E-state index < -0.39 is 0 Å². The van der Waals surface area contributed by atoms with Gasteiger partial charge in [0.25, 0.3) is 0 Å². The molecule has 1 saturated carbocycles. The van der Waals surface area contributed by atoms with Crippen LogP contribution in [0.25, 0.3) is 0 Å². The monoisotopic (exact) mass is 290 g/mol. The largest absolute Gasteiger partial charge is 0.382 e. The number of benzene rings is 2. The highest BCUT2D eigenvalue weighted by molar-refractivity contribution is 5.65. The van der Waals surface area contributed by atoms with Crippen LogP contribution in [0.5, 0.6) is 0 Å². The first-order chi connectivity index (χ1) is 10.7. The second-order valence-electron chi connectivity index (χ2n) is 7.49. The Morgan fingerprint density at radius 2 is 1.68 bits per heavy atom. The molecule has 2 aliphatic heterocycles. The van der Waals surface area contributed by atoms with E-state index >= 15 is 0 Å². The van der Waals surface area contributed by atoms with Crippen molar-refractivity contribution in [3.8, 4) is 0 Å². The van der Waals surface area contributed by atoms with Crippen LogP contribution in [0.1, 0.15) is 37.3 Å². The zero-order valence-electron chi connectivity index (χ0n) is 13.1. The standard InChI is InChI=1S/C20H22N2/c1-12-13-7-3-5-9-15(13)22-19-18(12)17-11-20(19,2)14-8-4-6-10-16(14)21-17/h3-10,12,17-19,21-22H,11H2,1-2H3/t12-,17-,18+,19+,20-/m1/s1. The molecule has 5 atom stereocenters. The quantitative estimate of drug-likeness (QED) is 0.753. The molecule has 2 heterocycles. The Balaban J connectivity index is 1.69. The molecule has 2 bridgehead atoms. The molecule has 2 N–H and O–H groups in total. The smallest absolute Gasteiger partial charge is 0.0410 e. The summed E-state index contributed by atoms with van der Waals surface area (Å²) in [4.78, 5) is 0. The Morgan fingerprint density at radius 1 is 0.955 bits per heavy atom. The van der Waals surface area contributed by atoms with Crippen molar-refractivity contribution in [2.24, 2.45) is 5.92 Å². The minimum Gasteiger partial charge on any atom is -0.382 e. The van der Waals surface area contributed by atoms with Crippen LogP contribution in [0.2, 0.25) is 0 Å². The maximum Gasteiger partial charge on any atom is 0.0410 e. The van der Waals surface area contributed by atoms with Gasteiger partial charge in [-0.1, -0.05) is 50.2 Å². The number of para-hydroxylation sites is 2. The predicted molar refractivity (Wildman–Crippen MR) is 91.6 cm³/mol. The number of hydrogen-bond acceptors (Lipinski definition) is 2. The second kappa shape index (κ2) is 4.07. The van der Waals surface area contributed by atoms with E-state index in [0.717, 1.165) is 0 Å². The van der Waals surface area contributed by atoms with E-state index in [4.69, 9.17) is 0 Å². The Labute approximate surface area is 131 Å². The molecule has 2 nitrogen and oxygen atoms in total. The number of hydrogen-bond donors (Lipinski definition) is 2. The summed E-state index contributed by atoms with van der Waals surface area (Å²) in [6, 6.07) is 18.8. The molecule has 1 fully saturated rings. The molecule has 0 amide bonds. The zero-order chi connectivity index (χ0) is 14.9. The fraction of sp³-hybridized carbons (Fsp3) is 0.400. The van der Waals surface area contributed by atoms with E-state index in [1.165, 1.54) is 28.9 Å². The predicted octanol–water partition coefficient (Wildman–Crippen LogP) is 4.36. The maximum atomic E-state index is 3.90. The van der Waals surface area contributed by atoms with Crippen LogP contribution in [0, 0.1) is 5.92 Å². The summed E-state index contributed by atoms with van der Waals surface area (Å²) >= 11 is 0. The summed E-state index contributed by atoms with van der Waals surface area (Å²) in [6.07, 6.45) is 1.23. The molecule has 0 spiro atoms. The molecule has 1 aliphatic carbocycles. The number of nitrogens with one attached hydrogen (secondary N) is 2. The van der Waals surface area contributed by atoms with E-state index in [2.05, 4.69) is 73.0 Å². The fourth-order valence-electron chi connectivity index (χ4n) is 5.40. The SMILES string of the molecule is C[C@@H]1c2ccccc2N[C@H]2[C@@H]1[C@H]1C[C@]2(C)c2ccccc2N1. The van der Waals surface area contributed by atoms with Gasteiger partial charge in [0.2, 0.25) is 0 Å². The van der Waals surface area contributed by atoms with Gasteiger partial charge in [-0.2, -0.15) is 0 Å². The molecule has 0 unspecified atom stereocenters. The maximum absolute atomic E-state index is 3.90. The Morgan fingerprint density at radius 3 is 2.55 bits per heavy atom. The van der Waals surface area contributed by atoms with Crippen molar-refractivity contribution in [1.82, 2.24) is 0 Å². The Kier molecular flexibility index (Phi) is 2.32. The van der Waals surface area contributed by atoms with Crippen molar-refractivity contribution in [2.75, 3.05) is 10.6 Å². The van der Waals surface area contributed by atoms with Crippen LogP contribution >= 0.6 is 0 Å². The highest BCUT2D eigenvalue weighted by Crippen LogP contribution is 2.57. The third kappa shape index (κ3) is 1.41. The lowest BCUT2D eigenvalue weighted by molar-refractivity contribution is 0.354. The number of rotatable bonds is 0. The molecule has 2 aromatic carbocycles. The van der Waals surface area contributed by atoms with Gasteiger partial charge in [-0.05, 0) is 35.6 Å². The van der Waals surface area contributed by atoms with E-state index in [1.54, 1.807) is 0 Å². The first-order valence-corrected chi connectivity index (χ1v) is 8.40. The molecular formula is C20H22N2. The van der Waals surface area contributed by atoms with Gasteiger partial charge in [0.15, 0.2) is 0 Å². The topological polar surface area (TPSA) is 24.1 Å². The van der Waals surface area contributed by atoms with Crippen molar-refractivity contribution in [1.29, 1.82) is 0 Å². The lowest BCUT2D eigenvalue weighted by atomic mass is 9.71. The van der Waals surface area contributed by atoms with Crippen molar-refractivity contribution >= 4 is 11.4 Å². The van der Waals surface area contributed by atoms with Crippen LogP contribution in [-0.2, 0) is 5.41 Å². The van der Waals surface area contributed by atoms with Crippen molar-refractivity contribution in [2.45, 2.75) is 43.7 Å². The van der Waals surface area contributed by atoms with Crippen molar-refractivity contribution < 1.29 is 0 Å². The van der Waals surface area contributed by atoms with Gasteiger partial charge in [-0.3, -0.25) is 0 Å². The number of anilines is 2. The van der Waals surface area contributed by atoms with Gasteiger partial charge < -0.3 is 10.6 Å². The minimum absolute atomic E-state index is 0.221. The summed E-state index contributed by atoms with van der Waals surface area (Å²) in [5, 5.41) is 7.74. The van der Waals surface area contributed by atoms with Crippen LogP contribution in [0.4, 0.5) is 11.4 Å². The minimum atomic E-state index is 0.221. The van der Waals surface area contributed by atoms with Crippen molar-refractivity contribution in [3.63, 3.8) is 0 Å². The van der Waals surface area contributed by atoms with Crippen LogP contribution < -0.4 is 10.6 Å². The van der Waals surface area contributed by atoms with E-state index in [1.807, 2.05) is 0 Å². The molecular weight excluding hydrogens is 268 g/mol. The molecule has 0 radical (unpaired) electrons. The third-order valence-corrected chi connectivity index (χ3v) is 6.40.